The molecule has 1 rings (SSSR count). The highest BCUT2D eigenvalue weighted by atomic mass is 79.9. The quantitative estimate of drug-likeness (QED) is 0.867. The number of benzene rings is 1. The molecule has 1 aromatic carbocycles. The van der Waals surface area contributed by atoms with Crippen molar-refractivity contribution in [3.8, 4) is 5.75 Å². The maximum atomic E-state index is 12.1. The third-order valence-corrected chi connectivity index (χ3v) is 3.28. The van der Waals surface area contributed by atoms with Crippen molar-refractivity contribution in [3.63, 3.8) is 0 Å². The van der Waals surface area contributed by atoms with E-state index >= 15 is 0 Å². The average Bonchev–Trinajstić information content (AvgIpc) is 2.31. The fraction of sp³-hybridized carbons (Fsp3) is 0.417. The molecule has 0 bridgehead atoms. The number of nitrogens with zero attached hydrogens (tertiary/aromatic N) is 1. The molecule has 0 spiro atoms. The Morgan fingerprint density at radius 2 is 2.16 bits per heavy atom. The molecule has 0 aliphatic heterocycles. The summed E-state index contributed by atoms with van der Waals surface area (Å²) in [5.74, 6) is -0.869. The highest BCUT2D eigenvalue weighted by molar-refractivity contribution is 9.10. The number of ether oxygens (including phenoxy) is 1. The van der Waals surface area contributed by atoms with Crippen LogP contribution in [0.15, 0.2) is 22.7 Å². The zero-order valence-electron chi connectivity index (χ0n) is 10.4. The zero-order chi connectivity index (χ0) is 14.6. The van der Waals surface area contributed by atoms with Gasteiger partial charge < -0.3 is 9.84 Å². The van der Waals surface area contributed by atoms with Gasteiger partial charge >= 0.3 is 12.6 Å². The van der Waals surface area contributed by atoms with Crippen molar-refractivity contribution < 1.29 is 23.4 Å². The Labute approximate surface area is 118 Å². The highest BCUT2D eigenvalue weighted by Gasteiger charge is 2.17. The predicted octanol–water partition coefficient (Wildman–Crippen LogP) is 2.96. The maximum Gasteiger partial charge on any atom is 0.387 e. The number of aliphatic carboxylic acids is 1. The van der Waals surface area contributed by atoms with Crippen LogP contribution in [-0.4, -0.2) is 35.7 Å². The van der Waals surface area contributed by atoms with E-state index in [4.69, 9.17) is 5.11 Å². The van der Waals surface area contributed by atoms with Crippen LogP contribution in [0.25, 0.3) is 0 Å². The summed E-state index contributed by atoms with van der Waals surface area (Å²) < 4.78 is 28.9. The summed E-state index contributed by atoms with van der Waals surface area (Å²) in [6.45, 7) is -0.913. The van der Waals surface area contributed by atoms with Gasteiger partial charge in [0.2, 0.25) is 0 Å². The van der Waals surface area contributed by atoms with Gasteiger partial charge in [0, 0.05) is 6.54 Å². The van der Waals surface area contributed by atoms with Gasteiger partial charge in [0.25, 0.3) is 0 Å². The molecule has 1 aromatic rings. The standard InChI is InChI=1S/C12H14BrF2NO3/c1-7(11(17)18)16(2)6-8-3-4-10(9(13)5-8)19-12(14)15/h3-5,7,12H,6H2,1-2H3,(H,17,18). The molecule has 1 unspecified atom stereocenters. The van der Waals surface area contributed by atoms with Gasteiger partial charge in [0.1, 0.15) is 11.8 Å². The van der Waals surface area contributed by atoms with Gasteiger partial charge in [-0.2, -0.15) is 8.78 Å². The van der Waals surface area contributed by atoms with E-state index in [1.165, 1.54) is 6.07 Å². The number of alkyl halides is 2. The van der Waals surface area contributed by atoms with Gasteiger partial charge in [-0.25, -0.2) is 0 Å². The fourth-order valence-electron chi connectivity index (χ4n) is 1.45. The SMILES string of the molecule is CC(C(=O)O)N(C)Cc1ccc(OC(F)F)c(Br)c1. The second kappa shape index (κ2) is 6.81. The molecule has 0 heterocycles. The van der Waals surface area contributed by atoms with E-state index in [9.17, 15) is 13.6 Å². The van der Waals surface area contributed by atoms with Crippen LogP contribution in [0.1, 0.15) is 12.5 Å². The third-order valence-electron chi connectivity index (χ3n) is 2.66. The largest absolute Gasteiger partial charge is 0.480 e. The van der Waals surface area contributed by atoms with Crippen LogP contribution in [0.4, 0.5) is 8.78 Å². The minimum atomic E-state index is -2.88. The summed E-state index contributed by atoms with van der Waals surface area (Å²) in [5, 5.41) is 8.87. The van der Waals surface area contributed by atoms with Crippen molar-refractivity contribution in [1.82, 2.24) is 4.90 Å². The number of rotatable bonds is 6. The lowest BCUT2D eigenvalue weighted by atomic mass is 10.2. The monoisotopic (exact) mass is 337 g/mol. The fourth-order valence-corrected chi connectivity index (χ4v) is 1.97. The third kappa shape index (κ3) is 4.76. The average molecular weight is 338 g/mol. The lowest BCUT2D eigenvalue weighted by Gasteiger charge is -2.21. The first-order chi connectivity index (χ1) is 8.81. The molecule has 4 nitrogen and oxygen atoms in total. The second-order valence-electron chi connectivity index (χ2n) is 4.07. The van der Waals surface area contributed by atoms with Crippen molar-refractivity contribution in [1.29, 1.82) is 0 Å². The Morgan fingerprint density at radius 3 is 2.63 bits per heavy atom. The Balaban J connectivity index is 2.76. The minimum Gasteiger partial charge on any atom is -0.480 e. The molecule has 0 aliphatic carbocycles. The van der Waals surface area contributed by atoms with Gasteiger partial charge in [-0.3, -0.25) is 9.69 Å². The van der Waals surface area contributed by atoms with Gasteiger partial charge in [-0.1, -0.05) is 6.07 Å². The summed E-state index contributed by atoms with van der Waals surface area (Å²) in [7, 11) is 1.68. The van der Waals surface area contributed by atoms with Crippen LogP contribution in [0.3, 0.4) is 0 Å². The van der Waals surface area contributed by atoms with Gasteiger partial charge in [0.15, 0.2) is 0 Å². The van der Waals surface area contributed by atoms with Crippen molar-refractivity contribution in [2.75, 3.05) is 7.05 Å². The first-order valence-electron chi connectivity index (χ1n) is 5.47. The second-order valence-corrected chi connectivity index (χ2v) is 4.93. The van der Waals surface area contributed by atoms with E-state index in [-0.39, 0.29) is 5.75 Å². The number of hydrogen-bond donors (Lipinski definition) is 1. The Kier molecular flexibility index (Phi) is 5.68. The van der Waals surface area contributed by atoms with Crippen LogP contribution in [0.2, 0.25) is 0 Å². The van der Waals surface area contributed by atoms with Crippen LogP contribution in [-0.2, 0) is 11.3 Å². The Morgan fingerprint density at radius 1 is 1.53 bits per heavy atom. The summed E-state index contributed by atoms with van der Waals surface area (Å²) in [6, 6.07) is 4.04. The van der Waals surface area contributed by atoms with E-state index in [1.807, 2.05) is 0 Å². The van der Waals surface area contributed by atoms with Gasteiger partial charge in [0.05, 0.1) is 4.47 Å². The molecule has 0 saturated carbocycles. The van der Waals surface area contributed by atoms with Crippen LogP contribution >= 0.6 is 15.9 Å². The molecular formula is C12H14BrF2NO3. The Hall–Kier alpha value is -1.21. The highest BCUT2D eigenvalue weighted by Crippen LogP contribution is 2.27. The molecule has 19 heavy (non-hydrogen) atoms. The maximum absolute atomic E-state index is 12.1. The number of hydrogen-bond acceptors (Lipinski definition) is 3. The molecule has 0 saturated heterocycles. The number of halogens is 3. The molecule has 0 aromatic heterocycles. The van der Waals surface area contributed by atoms with E-state index in [1.54, 1.807) is 31.0 Å². The first-order valence-corrected chi connectivity index (χ1v) is 6.27. The van der Waals surface area contributed by atoms with Gasteiger partial charge in [-0.05, 0) is 47.6 Å². The molecule has 0 radical (unpaired) electrons. The van der Waals surface area contributed by atoms with Gasteiger partial charge in [-0.15, -0.1) is 0 Å². The van der Waals surface area contributed by atoms with E-state index in [2.05, 4.69) is 20.7 Å². The molecule has 0 amide bonds. The van der Waals surface area contributed by atoms with Crippen molar-refractivity contribution >= 4 is 21.9 Å². The molecule has 0 aliphatic rings. The Bertz CT molecular complexity index is 457. The minimum absolute atomic E-state index is 0.0488. The smallest absolute Gasteiger partial charge is 0.387 e. The number of carbonyl (C=O) groups is 1. The van der Waals surface area contributed by atoms with Crippen molar-refractivity contribution in [2.45, 2.75) is 26.1 Å². The van der Waals surface area contributed by atoms with Crippen LogP contribution in [0.5, 0.6) is 5.75 Å². The van der Waals surface area contributed by atoms with Crippen LogP contribution < -0.4 is 4.74 Å². The molecular weight excluding hydrogens is 324 g/mol. The topological polar surface area (TPSA) is 49.8 Å². The molecule has 1 atom stereocenters. The lowest BCUT2D eigenvalue weighted by molar-refractivity contribution is -0.142. The van der Waals surface area contributed by atoms with E-state index in [0.29, 0.717) is 11.0 Å². The zero-order valence-corrected chi connectivity index (χ0v) is 12.0. The number of carboxylic acid groups (broad SMARTS) is 1. The summed E-state index contributed by atoms with van der Waals surface area (Å²) in [5.41, 5.74) is 0.795. The first kappa shape index (κ1) is 15.8. The molecule has 7 heteroatoms. The summed E-state index contributed by atoms with van der Waals surface area (Å²) in [6.07, 6.45) is 0. The number of likely N-dealkylation sites (N-methyl/N-ethyl adjacent to an activating group) is 1. The summed E-state index contributed by atoms with van der Waals surface area (Å²) in [4.78, 5) is 12.5. The molecule has 1 N–H and O–H groups in total. The number of carboxylic acids is 1. The molecule has 106 valence electrons. The summed E-state index contributed by atoms with van der Waals surface area (Å²) >= 11 is 3.14. The van der Waals surface area contributed by atoms with E-state index in [0.717, 1.165) is 5.56 Å². The van der Waals surface area contributed by atoms with Crippen molar-refractivity contribution in [2.24, 2.45) is 0 Å². The lowest BCUT2D eigenvalue weighted by Crippen LogP contribution is -2.35. The predicted molar refractivity (Wildman–Crippen MR) is 69.3 cm³/mol. The van der Waals surface area contributed by atoms with E-state index < -0.39 is 18.6 Å². The van der Waals surface area contributed by atoms with Crippen LogP contribution in [0, 0.1) is 0 Å². The normalized spacial score (nSPS) is 12.8. The van der Waals surface area contributed by atoms with Crippen molar-refractivity contribution in [3.05, 3.63) is 28.2 Å². The molecule has 0 fully saturated rings.